The van der Waals surface area contributed by atoms with Crippen LogP contribution in [0.5, 0.6) is 0 Å². The van der Waals surface area contributed by atoms with E-state index in [-0.39, 0.29) is 0 Å². The maximum atomic E-state index is 9.37. The summed E-state index contributed by atoms with van der Waals surface area (Å²) in [6.45, 7) is 1.96. The van der Waals surface area contributed by atoms with Crippen LogP contribution in [0.25, 0.3) is 0 Å². The van der Waals surface area contributed by atoms with E-state index in [2.05, 4.69) is 0 Å². The fourth-order valence-corrected chi connectivity index (χ4v) is 1.01. The van der Waals surface area contributed by atoms with E-state index in [0.717, 1.165) is 6.42 Å². The SMILES string of the molecule is CC[C@@]1(N)C=CC=CC1O. The van der Waals surface area contributed by atoms with Gasteiger partial charge in [0.2, 0.25) is 0 Å². The van der Waals surface area contributed by atoms with E-state index in [1.807, 2.05) is 25.2 Å². The zero-order valence-electron chi connectivity index (χ0n) is 6.12. The lowest BCUT2D eigenvalue weighted by Gasteiger charge is -2.29. The molecule has 56 valence electrons. The van der Waals surface area contributed by atoms with Crippen LogP contribution in [-0.4, -0.2) is 16.7 Å². The molecule has 0 amide bonds. The Morgan fingerprint density at radius 3 is 2.70 bits per heavy atom. The topological polar surface area (TPSA) is 46.2 Å². The lowest BCUT2D eigenvalue weighted by molar-refractivity contribution is 0.149. The first-order valence-electron chi connectivity index (χ1n) is 3.52. The Labute approximate surface area is 61.0 Å². The summed E-state index contributed by atoms with van der Waals surface area (Å²) in [6, 6.07) is 0. The standard InChI is InChI=1S/C8H13NO/c1-2-8(9)6-4-3-5-7(8)10/h3-7,10H,2,9H2,1H3/t7?,8-/m1/s1. The van der Waals surface area contributed by atoms with Crippen molar-refractivity contribution in [2.75, 3.05) is 0 Å². The Morgan fingerprint density at radius 1 is 1.60 bits per heavy atom. The molecule has 0 aromatic heterocycles. The number of aliphatic hydroxyl groups excluding tert-OH is 1. The molecule has 0 heterocycles. The first kappa shape index (κ1) is 7.51. The molecule has 0 saturated heterocycles. The molecule has 2 atom stereocenters. The highest BCUT2D eigenvalue weighted by Crippen LogP contribution is 2.18. The van der Waals surface area contributed by atoms with Gasteiger partial charge in [-0.3, -0.25) is 0 Å². The van der Waals surface area contributed by atoms with Gasteiger partial charge in [0.25, 0.3) is 0 Å². The fourth-order valence-electron chi connectivity index (χ4n) is 1.01. The zero-order chi connectivity index (χ0) is 7.61. The normalized spacial score (nSPS) is 38.5. The minimum absolute atomic E-state index is 0.525. The van der Waals surface area contributed by atoms with Gasteiger partial charge in [-0.25, -0.2) is 0 Å². The van der Waals surface area contributed by atoms with Gasteiger partial charge in [-0.2, -0.15) is 0 Å². The second-order valence-electron chi connectivity index (χ2n) is 2.65. The van der Waals surface area contributed by atoms with Crippen LogP contribution >= 0.6 is 0 Å². The predicted molar refractivity (Wildman–Crippen MR) is 41.5 cm³/mol. The first-order chi connectivity index (χ1) is 4.69. The molecule has 3 N–H and O–H groups in total. The maximum absolute atomic E-state index is 9.37. The van der Waals surface area contributed by atoms with Crippen molar-refractivity contribution in [3.63, 3.8) is 0 Å². The fraction of sp³-hybridized carbons (Fsp3) is 0.500. The summed E-state index contributed by atoms with van der Waals surface area (Å²) >= 11 is 0. The van der Waals surface area contributed by atoms with Crippen LogP contribution in [0.1, 0.15) is 13.3 Å². The van der Waals surface area contributed by atoms with E-state index in [4.69, 9.17) is 5.73 Å². The van der Waals surface area contributed by atoms with Crippen LogP contribution in [0.15, 0.2) is 24.3 Å². The Kier molecular flexibility index (Phi) is 1.92. The molecule has 0 aromatic rings. The lowest BCUT2D eigenvalue weighted by Crippen LogP contribution is -2.48. The second kappa shape index (κ2) is 2.56. The molecule has 2 nitrogen and oxygen atoms in total. The molecule has 0 fully saturated rings. The quantitative estimate of drug-likeness (QED) is 0.558. The van der Waals surface area contributed by atoms with Crippen molar-refractivity contribution in [1.29, 1.82) is 0 Å². The van der Waals surface area contributed by atoms with Gasteiger partial charge >= 0.3 is 0 Å². The van der Waals surface area contributed by atoms with Crippen molar-refractivity contribution >= 4 is 0 Å². The van der Waals surface area contributed by atoms with Crippen LogP contribution in [0.3, 0.4) is 0 Å². The highest BCUT2D eigenvalue weighted by Gasteiger charge is 2.27. The summed E-state index contributed by atoms with van der Waals surface area (Å²) in [5, 5.41) is 9.37. The second-order valence-corrected chi connectivity index (χ2v) is 2.65. The number of hydrogen-bond donors (Lipinski definition) is 2. The molecule has 0 aliphatic heterocycles. The third-order valence-corrected chi connectivity index (χ3v) is 1.97. The molecule has 1 rings (SSSR count). The van der Waals surface area contributed by atoms with Crippen molar-refractivity contribution in [2.45, 2.75) is 25.0 Å². The summed E-state index contributed by atoms with van der Waals surface area (Å²) in [4.78, 5) is 0. The van der Waals surface area contributed by atoms with E-state index in [0.29, 0.717) is 0 Å². The summed E-state index contributed by atoms with van der Waals surface area (Å²) in [7, 11) is 0. The zero-order valence-corrected chi connectivity index (χ0v) is 6.12. The smallest absolute Gasteiger partial charge is 0.0939 e. The minimum Gasteiger partial charge on any atom is -0.387 e. The van der Waals surface area contributed by atoms with Gasteiger partial charge in [0, 0.05) is 0 Å². The molecule has 0 spiro atoms. The number of allylic oxidation sites excluding steroid dienone is 2. The Bertz CT molecular complexity index is 174. The molecule has 10 heavy (non-hydrogen) atoms. The minimum atomic E-state index is -0.533. The van der Waals surface area contributed by atoms with Crippen LogP contribution in [-0.2, 0) is 0 Å². The van der Waals surface area contributed by atoms with E-state index in [9.17, 15) is 5.11 Å². The number of nitrogens with two attached hydrogens (primary N) is 1. The van der Waals surface area contributed by atoms with Gasteiger partial charge in [0.05, 0.1) is 11.6 Å². The van der Waals surface area contributed by atoms with Crippen LogP contribution < -0.4 is 5.73 Å². The largest absolute Gasteiger partial charge is 0.387 e. The molecule has 0 saturated carbocycles. The van der Waals surface area contributed by atoms with Crippen molar-refractivity contribution in [3.8, 4) is 0 Å². The Hall–Kier alpha value is -0.600. The molecule has 1 aliphatic carbocycles. The Balaban J connectivity index is 2.77. The summed E-state index contributed by atoms with van der Waals surface area (Å²) < 4.78 is 0. The lowest BCUT2D eigenvalue weighted by atomic mass is 9.87. The third-order valence-electron chi connectivity index (χ3n) is 1.97. The summed E-state index contributed by atoms with van der Waals surface area (Å²) in [5.74, 6) is 0. The van der Waals surface area contributed by atoms with Crippen LogP contribution in [0.2, 0.25) is 0 Å². The highest BCUT2D eigenvalue weighted by molar-refractivity contribution is 5.24. The van der Waals surface area contributed by atoms with E-state index in [1.54, 1.807) is 6.08 Å². The predicted octanol–water partition coefficient (Wildman–Crippen LogP) is 0.581. The number of rotatable bonds is 1. The first-order valence-corrected chi connectivity index (χ1v) is 3.52. The average molecular weight is 139 g/mol. The Morgan fingerprint density at radius 2 is 2.30 bits per heavy atom. The van der Waals surface area contributed by atoms with E-state index in [1.165, 1.54) is 0 Å². The molecule has 0 aromatic carbocycles. The van der Waals surface area contributed by atoms with Crippen molar-refractivity contribution in [3.05, 3.63) is 24.3 Å². The van der Waals surface area contributed by atoms with Gasteiger partial charge < -0.3 is 10.8 Å². The molecule has 1 unspecified atom stereocenters. The highest BCUT2D eigenvalue weighted by atomic mass is 16.3. The summed E-state index contributed by atoms with van der Waals surface area (Å²) in [6.07, 6.45) is 7.47. The number of aliphatic hydroxyl groups is 1. The van der Waals surface area contributed by atoms with Gasteiger partial charge in [-0.05, 0) is 6.42 Å². The van der Waals surface area contributed by atoms with Gasteiger partial charge in [-0.1, -0.05) is 31.2 Å². The molecular formula is C8H13NO. The molecule has 1 aliphatic rings. The molecule has 2 heteroatoms. The van der Waals surface area contributed by atoms with Crippen LogP contribution in [0, 0.1) is 0 Å². The monoisotopic (exact) mass is 139 g/mol. The van der Waals surface area contributed by atoms with Gasteiger partial charge in [0.1, 0.15) is 0 Å². The third kappa shape index (κ3) is 1.13. The number of hydrogen-bond acceptors (Lipinski definition) is 2. The van der Waals surface area contributed by atoms with E-state index < -0.39 is 11.6 Å². The molecular weight excluding hydrogens is 126 g/mol. The van der Waals surface area contributed by atoms with Gasteiger partial charge in [-0.15, -0.1) is 0 Å². The van der Waals surface area contributed by atoms with Crippen molar-refractivity contribution in [2.24, 2.45) is 5.73 Å². The molecule has 0 bridgehead atoms. The van der Waals surface area contributed by atoms with Gasteiger partial charge in [0.15, 0.2) is 0 Å². The molecule has 0 radical (unpaired) electrons. The van der Waals surface area contributed by atoms with Crippen molar-refractivity contribution in [1.82, 2.24) is 0 Å². The van der Waals surface area contributed by atoms with Crippen LogP contribution in [0.4, 0.5) is 0 Å². The van der Waals surface area contributed by atoms with Crippen molar-refractivity contribution < 1.29 is 5.11 Å². The summed E-state index contributed by atoms with van der Waals surface area (Å²) in [5.41, 5.74) is 5.28. The maximum Gasteiger partial charge on any atom is 0.0939 e. The average Bonchev–Trinajstić information content (AvgIpc) is 1.96. The van der Waals surface area contributed by atoms with E-state index >= 15 is 0 Å².